The Morgan fingerprint density at radius 1 is 0.906 bits per heavy atom. The Hall–Kier alpha value is -2.53. The molecule has 32 heavy (non-hydrogen) atoms. The lowest BCUT2D eigenvalue weighted by Crippen LogP contribution is -2.48. The Bertz CT molecular complexity index is 674. The highest BCUT2D eigenvalue weighted by Gasteiger charge is 2.40. The first-order valence-corrected chi connectivity index (χ1v) is 10.4. The molecule has 0 spiro atoms. The van der Waals surface area contributed by atoms with Gasteiger partial charge >= 0.3 is 11.9 Å². The molecule has 0 saturated heterocycles. The van der Waals surface area contributed by atoms with E-state index in [9.17, 15) is 34.2 Å². The Kier molecular flexibility index (Phi) is 12.7. The molecule has 0 bridgehead atoms. The Morgan fingerprint density at radius 3 is 2.03 bits per heavy atom. The molecule has 0 aromatic carbocycles. The third-order valence-electron chi connectivity index (χ3n) is 4.59. The van der Waals surface area contributed by atoms with Gasteiger partial charge in [-0.1, -0.05) is 13.8 Å². The number of aliphatic carboxylic acids is 2. The summed E-state index contributed by atoms with van der Waals surface area (Å²) in [6.45, 7) is 8.48. The van der Waals surface area contributed by atoms with E-state index in [0.717, 1.165) is 0 Å². The summed E-state index contributed by atoms with van der Waals surface area (Å²) in [5, 5.41) is 23.6. The van der Waals surface area contributed by atoms with Crippen molar-refractivity contribution in [1.29, 1.82) is 0 Å². The van der Waals surface area contributed by atoms with Crippen LogP contribution in [-0.2, 0) is 33.4 Å². The number of carboxylic acids is 2. The molecule has 0 fully saturated rings. The molecule has 4 N–H and O–H groups in total. The van der Waals surface area contributed by atoms with E-state index in [4.69, 9.17) is 9.47 Å². The van der Waals surface area contributed by atoms with Crippen LogP contribution in [-0.4, -0.2) is 78.8 Å². The van der Waals surface area contributed by atoms with E-state index >= 15 is 0 Å². The zero-order valence-corrected chi connectivity index (χ0v) is 19.5. The van der Waals surface area contributed by atoms with Crippen molar-refractivity contribution in [1.82, 2.24) is 10.6 Å². The first-order chi connectivity index (χ1) is 14.7. The maximum Gasteiger partial charge on any atom is 0.326 e. The van der Waals surface area contributed by atoms with Gasteiger partial charge in [0.25, 0.3) is 0 Å². The minimum Gasteiger partial charge on any atom is -0.481 e. The van der Waals surface area contributed by atoms with Crippen LogP contribution in [0.1, 0.15) is 53.9 Å². The quantitative estimate of drug-likeness (QED) is 0.227. The normalized spacial score (nSPS) is 12.7. The average Bonchev–Trinajstić information content (AvgIpc) is 2.65. The fourth-order valence-electron chi connectivity index (χ4n) is 2.93. The second-order valence-corrected chi connectivity index (χ2v) is 8.87. The summed E-state index contributed by atoms with van der Waals surface area (Å²) in [7, 11) is 0. The number of hydrogen-bond donors (Lipinski definition) is 4. The van der Waals surface area contributed by atoms with Gasteiger partial charge in [0, 0.05) is 18.4 Å². The lowest BCUT2D eigenvalue weighted by atomic mass is 9.74. The zero-order chi connectivity index (χ0) is 24.9. The molecule has 0 aliphatic carbocycles. The van der Waals surface area contributed by atoms with Gasteiger partial charge in [-0.05, 0) is 33.6 Å². The largest absolute Gasteiger partial charge is 0.481 e. The van der Waals surface area contributed by atoms with Crippen molar-refractivity contribution in [2.75, 3.05) is 33.0 Å². The van der Waals surface area contributed by atoms with Crippen molar-refractivity contribution in [2.24, 2.45) is 10.8 Å². The SMILES string of the molecule is CC(=O)COCCOCCNC(=O)CC[C@H](NC(=O)C(C)(C)CC(C)(C)C(=O)O)C(=O)O. The highest BCUT2D eigenvalue weighted by molar-refractivity contribution is 5.88. The van der Waals surface area contributed by atoms with Crippen LogP contribution >= 0.6 is 0 Å². The van der Waals surface area contributed by atoms with Crippen LogP contribution in [0.2, 0.25) is 0 Å². The number of Topliss-reactive ketones (excluding diaryl/α,β-unsaturated/α-hetero) is 1. The van der Waals surface area contributed by atoms with Gasteiger partial charge in [-0.25, -0.2) is 4.79 Å². The Balaban J connectivity index is 4.39. The number of ether oxygens (including phenoxy) is 2. The summed E-state index contributed by atoms with van der Waals surface area (Å²) in [6.07, 6.45) is -0.237. The molecule has 0 aliphatic rings. The molecular formula is C21H36N2O9. The lowest BCUT2D eigenvalue weighted by Gasteiger charge is -2.32. The molecule has 184 valence electrons. The molecule has 11 heteroatoms. The molecule has 0 radical (unpaired) electrons. The third-order valence-corrected chi connectivity index (χ3v) is 4.59. The smallest absolute Gasteiger partial charge is 0.326 e. The first-order valence-electron chi connectivity index (χ1n) is 10.4. The van der Waals surface area contributed by atoms with Gasteiger partial charge < -0.3 is 30.3 Å². The lowest BCUT2D eigenvalue weighted by molar-refractivity contribution is -0.151. The Labute approximate surface area is 188 Å². The summed E-state index contributed by atoms with van der Waals surface area (Å²) in [5.74, 6) is -3.42. The first kappa shape index (κ1) is 29.5. The van der Waals surface area contributed by atoms with E-state index in [1.165, 1.54) is 20.8 Å². The number of carbonyl (C=O) groups is 5. The van der Waals surface area contributed by atoms with Crippen LogP contribution in [0, 0.1) is 10.8 Å². The molecule has 11 nitrogen and oxygen atoms in total. The van der Waals surface area contributed by atoms with Crippen molar-refractivity contribution >= 4 is 29.5 Å². The van der Waals surface area contributed by atoms with Gasteiger partial charge in [0.1, 0.15) is 12.6 Å². The van der Waals surface area contributed by atoms with Crippen LogP contribution in [0.15, 0.2) is 0 Å². The molecule has 0 heterocycles. The van der Waals surface area contributed by atoms with Crippen molar-refractivity contribution in [3.63, 3.8) is 0 Å². The highest BCUT2D eigenvalue weighted by Crippen LogP contribution is 2.34. The van der Waals surface area contributed by atoms with E-state index in [1.54, 1.807) is 13.8 Å². The molecule has 0 unspecified atom stereocenters. The van der Waals surface area contributed by atoms with Gasteiger partial charge in [0.05, 0.1) is 25.2 Å². The highest BCUT2D eigenvalue weighted by atomic mass is 16.5. The van der Waals surface area contributed by atoms with E-state index in [-0.39, 0.29) is 58.0 Å². The number of ketones is 1. The third kappa shape index (κ3) is 12.4. The summed E-state index contributed by atoms with van der Waals surface area (Å²) < 4.78 is 10.3. The number of hydrogen-bond acceptors (Lipinski definition) is 7. The summed E-state index contributed by atoms with van der Waals surface area (Å²) in [6, 6.07) is -1.28. The fraction of sp³-hybridized carbons (Fsp3) is 0.762. The molecular weight excluding hydrogens is 424 g/mol. The molecule has 0 aromatic rings. The van der Waals surface area contributed by atoms with Crippen LogP contribution in [0.25, 0.3) is 0 Å². The maximum absolute atomic E-state index is 12.6. The summed E-state index contributed by atoms with van der Waals surface area (Å²) in [4.78, 5) is 58.0. The molecule has 1 atom stereocenters. The second kappa shape index (κ2) is 13.8. The predicted octanol–water partition coefficient (Wildman–Crippen LogP) is 0.602. The van der Waals surface area contributed by atoms with Crippen molar-refractivity contribution in [3.8, 4) is 0 Å². The fourth-order valence-corrected chi connectivity index (χ4v) is 2.93. The van der Waals surface area contributed by atoms with Gasteiger partial charge in [-0.3, -0.25) is 19.2 Å². The molecule has 2 amide bonds. The standard InChI is InChI=1S/C21H36N2O9/c1-14(24)12-32-11-10-31-9-8-22-16(25)7-6-15(17(26)27)23-18(28)20(2,3)13-21(4,5)19(29)30/h15H,6-13H2,1-5H3,(H,22,25)(H,23,28)(H,26,27)(H,29,30)/t15-/m0/s1. The van der Waals surface area contributed by atoms with Crippen LogP contribution < -0.4 is 10.6 Å². The molecule has 0 saturated carbocycles. The van der Waals surface area contributed by atoms with Crippen molar-refractivity contribution < 1.29 is 43.7 Å². The number of amides is 2. The number of rotatable bonds is 17. The molecule has 0 aliphatic heterocycles. The maximum atomic E-state index is 12.6. The van der Waals surface area contributed by atoms with E-state index in [1.807, 2.05) is 0 Å². The van der Waals surface area contributed by atoms with Gasteiger partial charge in [-0.2, -0.15) is 0 Å². The molecule has 0 aromatic heterocycles. The zero-order valence-electron chi connectivity index (χ0n) is 19.5. The van der Waals surface area contributed by atoms with Gasteiger partial charge in [0.15, 0.2) is 5.78 Å². The minimum atomic E-state index is -1.28. The summed E-state index contributed by atoms with van der Waals surface area (Å²) in [5.41, 5.74) is -2.29. The van der Waals surface area contributed by atoms with Crippen LogP contribution in [0.3, 0.4) is 0 Å². The van der Waals surface area contributed by atoms with E-state index < -0.39 is 40.6 Å². The second-order valence-electron chi connectivity index (χ2n) is 8.87. The van der Waals surface area contributed by atoms with E-state index in [0.29, 0.717) is 0 Å². The Morgan fingerprint density at radius 2 is 1.50 bits per heavy atom. The topological polar surface area (TPSA) is 168 Å². The van der Waals surface area contributed by atoms with Crippen LogP contribution in [0.4, 0.5) is 0 Å². The number of carbonyl (C=O) groups excluding carboxylic acids is 3. The monoisotopic (exact) mass is 460 g/mol. The summed E-state index contributed by atoms with van der Waals surface area (Å²) >= 11 is 0. The van der Waals surface area contributed by atoms with Crippen molar-refractivity contribution in [2.45, 2.75) is 59.9 Å². The van der Waals surface area contributed by atoms with Gasteiger partial charge in [0.2, 0.25) is 11.8 Å². The average molecular weight is 461 g/mol. The van der Waals surface area contributed by atoms with E-state index in [2.05, 4.69) is 10.6 Å². The predicted molar refractivity (Wildman–Crippen MR) is 114 cm³/mol. The number of nitrogens with one attached hydrogen (secondary N) is 2. The van der Waals surface area contributed by atoms with Crippen LogP contribution in [0.5, 0.6) is 0 Å². The minimum absolute atomic E-state index is 0.00772. The van der Waals surface area contributed by atoms with Crippen molar-refractivity contribution in [3.05, 3.63) is 0 Å². The number of carboxylic acid groups (broad SMARTS) is 2. The van der Waals surface area contributed by atoms with Gasteiger partial charge in [-0.15, -0.1) is 0 Å². The molecule has 0 rings (SSSR count).